The number of rotatable bonds is 3. The molecule has 0 saturated heterocycles. The van der Waals surface area contributed by atoms with Crippen LogP contribution in [-0.2, 0) is 11.3 Å². The molecule has 0 aliphatic carbocycles. The maximum absolute atomic E-state index is 5.97. The second-order valence-electron chi connectivity index (χ2n) is 3.44. The van der Waals surface area contributed by atoms with E-state index in [9.17, 15) is 0 Å². The van der Waals surface area contributed by atoms with Gasteiger partial charge < -0.3 is 10.5 Å². The Labute approximate surface area is 98.4 Å². The molecule has 0 atom stereocenters. The van der Waals surface area contributed by atoms with E-state index in [1.54, 1.807) is 13.2 Å². The number of aromatic amines is 1. The van der Waals surface area contributed by atoms with E-state index in [0.29, 0.717) is 17.4 Å². The van der Waals surface area contributed by atoms with E-state index in [1.807, 2.05) is 18.2 Å². The van der Waals surface area contributed by atoms with Crippen LogP contribution in [0.1, 0.15) is 5.56 Å². The molecule has 2 rings (SSSR count). The molecule has 0 aliphatic heterocycles. The van der Waals surface area contributed by atoms with Crippen LogP contribution in [0, 0.1) is 0 Å². The molecular formula is C11H12ClN3O. The maximum Gasteiger partial charge on any atom is 0.145 e. The number of nitrogens with zero attached hydrogens (tertiary/aromatic N) is 1. The molecule has 0 amide bonds. The lowest BCUT2D eigenvalue weighted by molar-refractivity contribution is 0.185. The van der Waals surface area contributed by atoms with Crippen LogP contribution in [-0.4, -0.2) is 17.3 Å². The lowest BCUT2D eigenvalue weighted by Crippen LogP contribution is -1.92. The van der Waals surface area contributed by atoms with E-state index in [-0.39, 0.29) is 0 Å². The summed E-state index contributed by atoms with van der Waals surface area (Å²) in [6.07, 6.45) is 0. The first-order chi connectivity index (χ1) is 7.70. The SMILES string of the molecule is COCc1ccc(Cl)cc1-c1cc(N)n[nH]1. The molecule has 0 unspecified atom stereocenters. The highest BCUT2D eigenvalue weighted by Gasteiger charge is 2.08. The first-order valence-corrected chi connectivity index (χ1v) is 5.17. The van der Waals surface area contributed by atoms with E-state index in [4.69, 9.17) is 22.1 Å². The molecule has 0 bridgehead atoms. The molecule has 1 aromatic heterocycles. The number of halogens is 1. The van der Waals surface area contributed by atoms with Crippen LogP contribution in [0.15, 0.2) is 24.3 Å². The van der Waals surface area contributed by atoms with Gasteiger partial charge in [0.05, 0.1) is 12.3 Å². The van der Waals surface area contributed by atoms with E-state index < -0.39 is 0 Å². The minimum atomic E-state index is 0.457. The number of ether oxygens (including phenoxy) is 1. The zero-order valence-electron chi connectivity index (χ0n) is 8.83. The minimum absolute atomic E-state index is 0.457. The second-order valence-corrected chi connectivity index (χ2v) is 3.88. The minimum Gasteiger partial charge on any atom is -0.382 e. The van der Waals surface area contributed by atoms with Crippen molar-refractivity contribution in [1.82, 2.24) is 10.2 Å². The Balaban J connectivity index is 2.48. The normalized spacial score (nSPS) is 10.6. The van der Waals surface area contributed by atoms with Gasteiger partial charge in [0.2, 0.25) is 0 Å². The molecule has 0 spiro atoms. The molecule has 3 N–H and O–H groups in total. The standard InChI is InChI=1S/C11H12ClN3O/c1-16-6-7-2-3-8(12)4-9(7)10-5-11(13)15-14-10/h2-5H,6H2,1H3,(H3,13,14,15). The Morgan fingerprint density at radius 3 is 2.88 bits per heavy atom. The lowest BCUT2D eigenvalue weighted by atomic mass is 10.1. The summed E-state index contributed by atoms with van der Waals surface area (Å²) in [5.41, 5.74) is 8.41. The number of aromatic nitrogens is 2. The topological polar surface area (TPSA) is 63.9 Å². The van der Waals surface area contributed by atoms with Crippen molar-refractivity contribution in [2.75, 3.05) is 12.8 Å². The highest BCUT2D eigenvalue weighted by atomic mass is 35.5. The first-order valence-electron chi connectivity index (χ1n) is 4.79. The van der Waals surface area contributed by atoms with Crippen molar-refractivity contribution in [3.05, 3.63) is 34.9 Å². The fraction of sp³-hybridized carbons (Fsp3) is 0.182. The van der Waals surface area contributed by atoms with Gasteiger partial charge in [-0.25, -0.2) is 0 Å². The highest BCUT2D eigenvalue weighted by molar-refractivity contribution is 6.30. The van der Waals surface area contributed by atoms with E-state index in [0.717, 1.165) is 16.8 Å². The van der Waals surface area contributed by atoms with Gasteiger partial charge in [-0.1, -0.05) is 17.7 Å². The number of anilines is 1. The Morgan fingerprint density at radius 2 is 2.25 bits per heavy atom. The highest BCUT2D eigenvalue weighted by Crippen LogP contribution is 2.26. The van der Waals surface area contributed by atoms with Gasteiger partial charge >= 0.3 is 0 Å². The quantitative estimate of drug-likeness (QED) is 0.862. The van der Waals surface area contributed by atoms with Crippen molar-refractivity contribution < 1.29 is 4.74 Å². The first kappa shape index (κ1) is 11.0. The fourth-order valence-electron chi connectivity index (χ4n) is 1.56. The number of benzene rings is 1. The Bertz CT molecular complexity index is 496. The monoisotopic (exact) mass is 237 g/mol. The predicted molar refractivity (Wildman–Crippen MR) is 64.2 cm³/mol. The third-order valence-electron chi connectivity index (χ3n) is 2.26. The molecule has 1 aromatic carbocycles. The Hall–Kier alpha value is -1.52. The summed E-state index contributed by atoms with van der Waals surface area (Å²) in [6.45, 7) is 0.519. The Morgan fingerprint density at radius 1 is 1.44 bits per heavy atom. The van der Waals surface area contributed by atoms with E-state index in [2.05, 4.69) is 10.2 Å². The number of hydrogen-bond acceptors (Lipinski definition) is 3. The van der Waals surface area contributed by atoms with Crippen LogP contribution >= 0.6 is 11.6 Å². The van der Waals surface area contributed by atoms with Crippen molar-refractivity contribution in [1.29, 1.82) is 0 Å². The number of methoxy groups -OCH3 is 1. The van der Waals surface area contributed by atoms with Crippen LogP contribution in [0.5, 0.6) is 0 Å². The van der Waals surface area contributed by atoms with Crippen molar-refractivity contribution >= 4 is 17.4 Å². The molecular weight excluding hydrogens is 226 g/mol. The average molecular weight is 238 g/mol. The van der Waals surface area contributed by atoms with Gasteiger partial charge in [-0.3, -0.25) is 5.10 Å². The summed E-state index contributed by atoms with van der Waals surface area (Å²) in [7, 11) is 1.65. The second kappa shape index (κ2) is 4.55. The van der Waals surface area contributed by atoms with Gasteiger partial charge in [0, 0.05) is 23.8 Å². The summed E-state index contributed by atoms with van der Waals surface area (Å²) >= 11 is 5.97. The summed E-state index contributed by atoms with van der Waals surface area (Å²) in [6, 6.07) is 7.39. The molecule has 16 heavy (non-hydrogen) atoms. The molecule has 5 heteroatoms. The zero-order chi connectivity index (χ0) is 11.5. The summed E-state index contributed by atoms with van der Waals surface area (Å²) in [4.78, 5) is 0. The number of nitrogens with one attached hydrogen (secondary N) is 1. The largest absolute Gasteiger partial charge is 0.382 e. The summed E-state index contributed by atoms with van der Waals surface area (Å²) in [5, 5.41) is 7.42. The van der Waals surface area contributed by atoms with Crippen molar-refractivity contribution in [3.8, 4) is 11.3 Å². The molecule has 0 aliphatic rings. The smallest absolute Gasteiger partial charge is 0.145 e. The number of nitrogens with two attached hydrogens (primary N) is 1. The van der Waals surface area contributed by atoms with Crippen LogP contribution in [0.4, 0.5) is 5.82 Å². The summed E-state index contributed by atoms with van der Waals surface area (Å²) < 4.78 is 5.13. The third kappa shape index (κ3) is 2.18. The van der Waals surface area contributed by atoms with Gasteiger partial charge in [0.15, 0.2) is 0 Å². The lowest BCUT2D eigenvalue weighted by Gasteiger charge is -2.07. The zero-order valence-corrected chi connectivity index (χ0v) is 9.58. The molecule has 2 aromatic rings. The number of hydrogen-bond donors (Lipinski definition) is 2. The third-order valence-corrected chi connectivity index (χ3v) is 2.49. The van der Waals surface area contributed by atoms with Gasteiger partial charge in [-0.05, 0) is 17.7 Å². The predicted octanol–water partition coefficient (Wildman–Crippen LogP) is 2.46. The van der Waals surface area contributed by atoms with Crippen LogP contribution in [0.25, 0.3) is 11.3 Å². The number of nitrogen functional groups attached to an aromatic ring is 1. The fourth-order valence-corrected chi connectivity index (χ4v) is 1.73. The average Bonchev–Trinajstić information content (AvgIpc) is 2.68. The van der Waals surface area contributed by atoms with Gasteiger partial charge in [0.25, 0.3) is 0 Å². The van der Waals surface area contributed by atoms with Gasteiger partial charge in [0.1, 0.15) is 5.82 Å². The van der Waals surface area contributed by atoms with E-state index >= 15 is 0 Å². The Kier molecular flexibility index (Phi) is 3.12. The molecule has 0 radical (unpaired) electrons. The van der Waals surface area contributed by atoms with E-state index in [1.165, 1.54) is 0 Å². The van der Waals surface area contributed by atoms with Crippen LogP contribution in [0.2, 0.25) is 5.02 Å². The van der Waals surface area contributed by atoms with Crippen LogP contribution in [0.3, 0.4) is 0 Å². The molecule has 0 fully saturated rings. The number of H-pyrrole nitrogens is 1. The van der Waals surface area contributed by atoms with Crippen molar-refractivity contribution in [2.24, 2.45) is 0 Å². The summed E-state index contributed by atoms with van der Waals surface area (Å²) in [5.74, 6) is 0.457. The molecule has 0 saturated carbocycles. The van der Waals surface area contributed by atoms with Crippen molar-refractivity contribution in [3.63, 3.8) is 0 Å². The van der Waals surface area contributed by atoms with Crippen LogP contribution < -0.4 is 5.73 Å². The maximum atomic E-state index is 5.97. The van der Waals surface area contributed by atoms with Gasteiger partial charge in [-0.15, -0.1) is 0 Å². The molecule has 84 valence electrons. The molecule has 4 nitrogen and oxygen atoms in total. The van der Waals surface area contributed by atoms with Gasteiger partial charge in [-0.2, -0.15) is 5.10 Å². The van der Waals surface area contributed by atoms with Crippen molar-refractivity contribution in [2.45, 2.75) is 6.61 Å². The molecule has 1 heterocycles.